The van der Waals surface area contributed by atoms with Crippen LogP contribution in [-0.2, 0) is 0 Å². The Labute approximate surface area is 185 Å². The molecule has 3 heteroatoms. The Balaban J connectivity index is 0. The fraction of sp³-hybridized carbons (Fsp3) is 0.913. The van der Waals surface area contributed by atoms with Crippen LogP contribution in [0.25, 0.3) is 0 Å². The molecule has 0 aromatic heterocycles. The number of hydrogen-bond acceptors (Lipinski definition) is 0. The van der Waals surface area contributed by atoms with Crippen molar-refractivity contribution in [1.82, 2.24) is 0 Å². The first-order valence-electron chi connectivity index (χ1n) is 11.1. The van der Waals surface area contributed by atoms with Crippen molar-refractivity contribution in [1.29, 1.82) is 0 Å². The third-order valence-electron chi connectivity index (χ3n) is 5.49. The molecule has 0 rings (SSSR count). The van der Waals surface area contributed by atoms with E-state index < -0.39 is 0 Å². The normalized spacial score (nSPS) is 12.4. The summed E-state index contributed by atoms with van der Waals surface area (Å²) in [6.45, 7) is 10.7. The largest absolute Gasteiger partial charge is 1.00 e. The Morgan fingerprint density at radius 1 is 0.654 bits per heavy atom. The second-order valence-electron chi connectivity index (χ2n) is 7.78. The van der Waals surface area contributed by atoms with Crippen molar-refractivity contribution >= 4 is 22.6 Å². The Morgan fingerprint density at radius 2 is 1.00 bits per heavy atom. The Bertz CT molecular complexity index is 311. The number of unbranched alkanes of at least 4 members (excludes halogenated alkanes) is 11. The van der Waals surface area contributed by atoms with E-state index in [0.717, 1.165) is 0 Å². The molecule has 0 aliphatic rings. The van der Waals surface area contributed by atoms with Gasteiger partial charge in [-0.2, -0.15) is 0 Å². The van der Waals surface area contributed by atoms with E-state index in [0.29, 0.717) is 4.05 Å². The summed E-state index contributed by atoms with van der Waals surface area (Å²) in [5.74, 6) is 3.10. The van der Waals surface area contributed by atoms with Crippen molar-refractivity contribution in [3.8, 4) is 12.3 Å². The molecule has 0 heterocycles. The molecule has 0 aliphatic heterocycles. The summed E-state index contributed by atoms with van der Waals surface area (Å²) < 4.78 is 1.52. The van der Waals surface area contributed by atoms with Gasteiger partial charge in [-0.05, 0) is 38.0 Å². The van der Waals surface area contributed by atoms with E-state index in [-0.39, 0.29) is 12.4 Å². The van der Waals surface area contributed by atoms with E-state index in [9.17, 15) is 0 Å². The van der Waals surface area contributed by atoms with Crippen molar-refractivity contribution in [2.45, 2.75) is 115 Å². The maximum absolute atomic E-state index is 5.90. The molecule has 0 N–H and O–H groups in total. The molecule has 0 aromatic rings. The molecule has 1 atom stereocenters. The van der Waals surface area contributed by atoms with Gasteiger partial charge < -0.3 is 16.9 Å². The van der Waals surface area contributed by atoms with Gasteiger partial charge in [-0.25, -0.2) is 0 Å². The second-order valence-corrected chi connectivity index (χ2v) is 8.96. The fourth-order valence-corrected chi connectivity index (χ4v) is 4.56. The van der Waals surface area contributed by atoms with Crippen LogP contribution in [0.4, 0.5) is 0 Å². The average Bonchev–Trinajstić information content (AvgIpc) is 2.64. The molecule has 0 radical (unpaired) electrons. The molecule has 0 spiro atoms. The van der Waals surface area contributed by atoms with Gasteiger partial charge in [0.1, 0.15) is 0 Å². The SMILES string of the molecule is C#CC(I)[N+](CCCC)(CCCCCCCC)CCCCCCCC.[Cl-]. The third-order valence-corrected chi connectivity index (χ3v) is 7.03. The first-order valence-corrected chi connectivity index (χ1v) is 12.4. The summed E-state index contributed by atoms with van der Waals surface area (Å²) in [6.07, 6.45) is 25.0. The molecular weight excluding hydrogens is 453 g/mol. The lowest BCUT2D eigenvalue weighted by Crippen LogP contribution is -3.00. The predicted molar refractivity (Wildman–Crippen MR) is 123 cm³/mol. The summed E-state index contributed by atoms with van der Waals surface area (Å²) in [5.41, 5.74) is 0. The van der Waals surface area contributed by atoms with Crippen LogP contribution in [0.2, 0.25) is 0 Å². The minimum absolute atomic E-state index is 0. The Morgan fingerprint density at radius 3 is 1.38 bits per heavy atom. The average molecular weight is 498 g/mol. The van der Waals surface area contributed by atoms with Gasteiger partial charge in [-0.1, -0.05) is 78.6 Å². The van der Waals surface area contributed by atoms with E-state index in [4.69, 9.17) is 6.42 Å². The number of nitrogens with zero attached hydrogens (tertiary/aromatic N) is 1. The first kappa shape index (κ1) is 28.7. The van der Waals surface area contributed by atoms with Crippen LogP contribution in [0.5, 0.6) is 0 Å². The van der Waals surface area contributed by atoms with Gasteiger partial charge in [0.05, 0.1) is 19.6 Å². The van der Waals surface area contributed by atoms with Crippen molar-refractivity contribution in [2.75, 3.05) is 19.6 Å². The lowest BCUT2D eigenvalue weighted by molar-refractivity contribution is -0.927. The van der Waals surface area contributed by atoms with Crippen LogP contribution in [-0.4, -0.2) is 28.2 Å². The molecule has 0 fully saturated rings. The number of hydrogen-bond donors (Lipinski definition) is 0. The van der Waals surface area contributed by atoms with E-state index in [1.165, 1.54) is 114 Å². The van der Waals surface area contributed by atoms with Crippen LogP contribution in [0, 0.1) is 12.3 Å². The standard InChI is InChI=1S/C23H45IN.ClH/c1-5-9-12-14-16-18-21-25(20-11-7-3,23(24)8-4)22-19-17-15-13-10-6-2;/h4,23H,5-7,9-22H2,1-3H3;1H/q+1;/p-1. The molecule has 0 aliphatic carbocycles. The molecule has 156 valence electrons. The van der Waals surface area contributed by atoms with Crippen molar-refractivity contribution in [3.63, 3.8) is 0 Å². The number of quaternary nitrogens is 1. The molecule has 0 aromatic carbocycles. The highest BCUT2D eigenvalue weighted by Gasteiger charge is 2.32. The monoisotopic (exact) mass is 497 g/mol. The highest BCUT2D eigenvalue weighted by atomic mass is 127. The van der Waals surface area contributed by atoms with Crippen LogP contribution in [0.3, 0.4) is 0 Å². The topological polar surface area (TPSA) is 0 Å². The van der Waals surface area contributed by atoms with Gasteiger partial charge in [0, 0.05) is 22.6 Å². The minimum Gasteiger partial charge on any atom is -1.00 e. The molecular formula is C23H45ClIN. The molecule has 0 amide bonds. The minimum atomic E-state index is 0. The number of terminal acetylenes is 1. The van der Waals surface area contributed by atoms with Crippen LogP contribution >= 0.6 is 22.6 Å². The summed E-state index contributed by atoms with van der Waals surface area (Å²) in [6, 6.07) is 0. The predicted octanol–water partition coefficient (Wildman–Crippen LogP) is 4.72. The highest BCUT2D eigenvalue weighted by Crippen LogP contribution is 2.25. The summed E-state index contributed by atoms with van der Waals surface area (Å²) in [4.78, 5) is 0. The first-order chi connectivity index (χ1) is 12.2. The van der Waals surface area contributed by atoms with E-state index >= 15 is 0 Å². The number of halogens is 2. The summed E-state index contributed by atoms with van der Waals surface area (Å²) >= 11 is 2.54. The molecule has 0 bridgehead atoms. The number of rotatable bonds is 18. The zero-order valence-electron chi connectivity index (χ0n) is 17.9. The quantitative estimate of drug-likeness (QED) is 0.0642. The van der Waals surface area contributed by atoms with Gasteiger partial charge in [0.15, 0.2) is 0 Å². The van der Waals surface area contributed by atoms with Crippen molar-refractivity contribution in [2.24, 2.45) is 0 Å². The zero-order chi connectivity index (χ0) is 18.8. The Kier molecular flexibility index (Phi) is 22.4. The maximum atomic E-state index is 5.90. The summed E-state index contributed by atoms with van der Waals surface area (Å²) in [5, 5.41) is 0. The second kappa shape index (κ2) is 20.3. The van der Waals surface area contributed by atoms with Gasteiger partial charge in [-0.15, -0.1) is 6.42 Å². The molecule has 0 saturated heterocycles. The summed E-state index contributed by atoms with van der Waals surface area (Å²) in [7, 11) is 0. The maximum Gasteiger partial charge on any atom is 0.200 e. The number of alkyl halides is 1. The highest BCUT2D eigenvalue weighted by molar-refractivity contribution is 14.1. The van der Waals surface area contributed by atoms with E-state index in [1.54, 1.807) is 0 Å². The van der Waals surface area contributed by atoms with Gasteiger partial charge in [-0.3, -0.25) is 0 Å². The molecule has 0 saturated carbocycles. The lowest BCUT2D eigenvalue weighted by atomic mass is 10.1. The van der Waals surface area contributed by atoms with Gasteiger partial charge in [0.25, 0.3) is 0 Å². The van der Waals surface area contributed by atoms with Crippen molar-refractivity contribution < 1.29 is 16.9 Å². The molecule has 26 heavy (non-hydrogen) atoms. The Hall–Kier alpha value is 0.540. The van der Waals surface area contributed by atoms with Crippen LogP contribution in [0.15, 0.2) is 0 Å². The molecule has 1 unspecified atom stereocenters. The van der Waals surface area contributed by atoms with Crippen LogP contribution < -0.4 is 12.4 Å². The van der Waals surface area contributed by atoms with Gasteiger partial charge >= 0.3 is 0 Å². The fourth-order valence-electron chi connectivity index (χ4n) is 3.72. The van der Waals surface area contributed by atoms with E-state index in [2.05, 4.69) is 49.3 Å². The van der Waals surface area contributed by atoms with Crippen molar-refractivity contribution in [3.05, 3.63) is 0 Å². The third kappa shape index (κ3) is 13.7. The zero-order valence-corrected chi connectivity index (χ0v) is 20.8. The van der Waals surface area contributed by atoms with E-state index in [1.807, 2.05) is 0 Å². The van der Waals surface area contributed by atoms with Gasteiger partial charge in [0.2, 0.25) is 4.05 Å². The molecule has 1 nitrogen and oxygen atoms in total. The van der Waals surface area contributed by atoms with Crippen LogP contribution in [0.1, 0.15) is 111 Å². The lowest BCUT2D eigenvalue weighted by Gasteiger charge is -2.41. The smallest absolute Gasteiger partial charge is 0.200 e.